The van der Waals surface area contributed by atoms with Crippen LogP contribution in [-0.4, -0.2) is 30.9 Å². The van der Waals surface area contributed by atoms with E-state index in [1.54, 1.807) is 0 Å². The SMILES string of the molecule is O=C(Nc1ccc(-c2nnc3n2CCCCC3)cc1)c1ccc(=O)[nH]n1. The van der Waals surface area contributed by atoms with Gasteiger partial charge in [-0.05, 0) is 43.2 Å². The molecule has 3 aromatic rings. The summed E-state index contributed by atoms with van der Waals surface area (Å²) in [6.45, 7) is 0.939. The average molecular weight is 350 g/mol. The van der Waals surface area contributed by atoms with Crippen molar-refractivity contribution in [3.05, 3.63) is 58.3 Å². The maximum absolute atomic E-state index is 12.1. The van der Waals surface area contributed by atoms with Gasteiger partial charge in [-0.1, -0.05) is 6.42 Å². The van der Waals surface area contributed by atoms with Crippen LogP contribution in [0.15, 0.2) is 41.2 Å². The number of carbonyl (C=O) groups is 1. The third-order valence-electron chi connectivity index (χ3n) is 4.42. The molecule has 0 atom stereocenters. The van der Waals surface area contributed by atoms with Gasteiger partial charge in [0.1, 0.15) is 11.5 Å². The van der Waals surface area contributed by atoms with Crippen LogP contribution in [0.25, 0.3) is 11.4 Å². The highest BCUT2D eigenvalue weighted by Crippen LogP contribution is 2.24. The van der Waals surface area contributed by atoms with E-state index in [0.717, 1.165) is 43.0 Å². The molecule has 0 fully saturated rings. The second kappa shape index (κ2) is 6.91. The topological polar surface area (TPSA) is 106 Å². The van der Waals surface area contributed by atoms with E-state index < -0.39 is 0 Å². The fraction of sp³-hybridized carbons (Fsp3) is 0.278. The van der Waals surface area contributed by atoms with Crippen molar-refractivity contribution in [3.63, 3.8) is 0 Å². The molecule has 0 saturated heterocycles. The van der Waals surface area contributed by atoms with Crippen molar-refractivity contribution in [1.29, 1.82) is 0 Å². The highest BCUT2D eigenvalue weighted by Gasteiger charge is 2.16. The Kier molecular flexibility index (Phi) is 4.30. The largest absolute Gasteiger partial charge is 0.321 e. The Morgan fingerprint density at radius 3 is 2.65 bits per heavy atom. The van der Waals surface area contributed by atoms with Crippen LogP contribution in [0.1, 0.15) is 35.6 Å². The summed E-state index contributed by atoms with van der Waals surface area (Å²) in [7, 11) is 0. The lowest BCUT2D eigenvalue weighted by molar-refractivity contribution is 0.102. The maximum atomic E-state index is 12.1. The van der Waals surface area contributed by atoms with Crippen molar-refractivity contribution in [2.75, 3.05) is 5.32 Å². The molecular formula is C18H18N6O2. The van der Waals surface area contributed by atoms with Crippen LogP contribution in [0.3, 0.4) is 0 Å². The highest BCUT2D eigenvalue weighted by molar-refractivity contribution is 6.02. The van der Waals surface area contributed by atoms with E-state index in [1.165, 1.54) is 18.6 Å². The van der Waals surface area contributed by atoms with E-state index in [4.69, 9.17) is 0 Å². The monoisotopic (exact) mass is 350 g/mol. The summed E-state index contributed by atoms with van der Waals surface area (Å²) in [5.41, 5.74) is 1.41. The molecule has 0 unspecified atom stereocenters. The predicted octanol–water partition coefficient (Wildman–Crippen LogP) is 2.01. The fourth-order valence-corrected chi connectivity index (χ4v) is 3.07. The van der Waals surface area contributed by atoms with Crippen molar-refractivity contribution in [1.82, 2.24) is 25.0 Å². The molecule has 1 aliphatic heterocycles. The van der Waals surface area contributed by atoms with E-state index in [-0.39, 0.29) is 17.2 Å². The zero-order valence-electron chi connectivity index (χ0n) is 14.1. The number of fused-ring (bicyclic) bond motifs is 1. The molecule has 2 N–H and O–H groups in total. The van der Waals surface area contributed by atoms with Crippen molar-refractivity contribution in [2.45, 2.75) is 32.2 Å². The standard InChI is InChI=1S/C18H18N6O2/c25-16-10-9-14(20-22-16)18(26)19-13-7-5-12(6-8-13)17-23-21-15-4-2-1-3-11-24(15)17/h5-10H,1-4,11H2,(H,19,26)(H,22,25). The molecule has 1 amide bonds. The average Bonchev–Trinajstić information content (AvgIpc) is 2.91. The van der Waals surface area contributed by atoms with Gasteiger partial charge in [0.2, 0.25) is 0 Å². The summed E-state index contributed by atoms with van der Waals surface area (Å²) in [5, 5.41) is 17.4. The van der Waals surface area contributed by atoms with Gasteiger partial charge >= 0.3 is 0 Å². The first-order valence-electron chi connectivity index (χ1n) is 8.60. The summed E-state index contributed by atoms with van der Waals surface area (Å²) in [5.74, 6) is 1.52. The summed E-state index contributed by atoms with van der Waals surface area (Å²) in [6.07, 6.45) is 4.47. The molecular weight excluding hydrogens is 332 g/mol. The third-order valence-corrected chi connectivity index (χ3v) is 4.42. The van der Waals surface area contributed by atoms with Gasteiger partial charge in [0.15, 0.2) is 5.82 Å². The fourth-order valence-electron chi connectivity index (χ4n) is 3.07. The number of amides is 1. The first-order valence-corrected chi connectivity index (χ1v) is 8.60. The molecule has 1 aliphatic rings. The molecule has 1 aromatic carbocycles. The molecule has 3 heterocycles. The second-order valence-electron chi connectivity index (χ2n) is 6.24. The van der Waals surface area contributed by atoms with Crippen LogP contribution >= 0.6 is 0 Å². The minimum atomic E-state index is -0.384. The van der Waals surface area contributed by atoms with Crippen LogP contribution in [0.5, 0.6) is 0 Å². The molecule has 0 radical (unpaired) electrons. The van der Waals surface area contributed by atoms with Crippen LogP contribution in [0.2, 0.25) is 0 Å². The van der Waals surface area contributed by atoms with Gasteiger partial charge in [0, 0.05) is 30.3 Å². The minimum Gasteiger partial charge on any atom is -0.321 e. The zero-order chi connectivity index (χ0) is 17.9. The number of aromatic nitrogens is 5. The van der Waals surface area contributed by atoms with Gasteiger partial charge in [0.05, 0.1) is 0 Å². The lowest BCUT2D eigenvalue weighted by Gasteiger charge is -2.08. The number of benzene rings is 1. The van der Waals surface area contributed by atoms with Crippen LogP contribution < -0.4 is 10.9 Å². The third kappa shape index (κ3) is 3.26. The van der Waals surface area contributed by atoms with Crippen LogP contribution in [0.4, 0.5) is 5.69 Å². The number of anilines is 1. The van der Waals surface area contributed by atoms with E-state index >= 15 is 0 Å². The summed E-state index contributed by atoms with van der Waals surface area (Å²) >= 11 is 0. The lowest BCUT2D eigenvalue weighted by Crippen LogP contribution is -2.17. The number of hydrogen-bond donors (Lipinski definition) is 2. The molecule has 0 spiro atoms. The molecule has 4 rings (SSSR count). The van der Waals surface area contributed by atoms with Crippen molar-refractivity contribution in [3.8, 4) is 11.4 Å². The molecule has 0 saturated carbocycles. The number of carbonyl (C=O) groups excluding carboxylic acids is 1. The Morgan fingerprint density at radius 1 is 1.04 bits per heavy atom. The molecule has 2 aromatic heterocycles. The number of nitrogens with one attached hydrogen (secondary N) is 2. The maximum Gasteiger partial charge on any atom is 0.276 e. The number of aromatic amines is 1. The molecule has 0 bridgehead atoms. The summed E-state index contributed by atoms with van der Waals surface area (Å²) < 4.78 is 2.19. The molecule has 132 valence electrons. The van der Waals surface area contributed by atoms with Crippen LogP contribution in [-0.2, 0) is 13.0 Å². The quantitative estimate of drug-likeness (QED) is 0.752. The number of rotatable bonds is 3. The zero-order valence-corrected chi connectivity index (χ0v) is 14.1. The number of aryl methyl sites for hydroxylation is 1. The number of nitrogens with zero attached hydrogens (tertiary/aromatic N) is 4. The smallest absolute Gasteiger partial charge is 0.276 e. The molecule has 8 nitrogen and oxygen atoms in total. The Hall–Kier alpha value is -3.29. The Bertz CT molecular complexity index is 969. The van der Waals surface area contributed by atoms with Crippen molar-refractivity contribution >= 4 is 11.6 Å². The lowest BCUT2D eigenvalue weighted by atomic mass is 10.2. The van der Waals surface area contributed by atoms with Gasteiger partial charge in [-0.2, -0.15) is 5.10 Å². The van der Waals surface area contributed by atoms with E-state index in [2.05, 4.69) is 30.3 Å². The Morgan fingerprint density at radius 2 is 1.88 bits per heavy atom. The van der Waals surface area contributed by atoms with Crippen molar-refractivity contribution < 1.29 is 4.79 Å². The highest BCUT2D eigenvalue weighted by atomic mass is 16.2. The molecule has 0 aliphatic carbocycles. The Labute approximate surface area is 149 Å². The minimum absolute atomic E-state index is 0.149. The van der Waals surface area contributed by atoms with Gasteiger partial charge in [-0.25, -0.2) is 5.10 Å². The van der Waals surface area contributed by atoms with E-state index in [9.17, 15) is 9.59 Å². The van der Waals surface area contributed by atoms with Crippen LogP contribution in [0, 0.1) is 0 Å². The van der Waals surface area contributed by atoms with E-state index in [1.807, 2.05) is 24.3 Å². The number of H-pyrrole nitrogens is 1. The van der Waals surface area contributed by atoms with Gasteiger partial charge in [-0.15, -0.1) is 10.2 Å². The second-order valence-corrected chi connectivity index (χ2v) is 6.24. The van der Waals surface area contributed by atoms with Gasteiger partial charge < -0.3 is 9.88 Å². The first kappa shape index (κ1) is 16.2. The van der Waals surface area contributed by atoms with Gasteiger partial charge in [-0.3, -0.25) is 9.59 Å². The van der Waals surface area contributed by atoms with Gasteiger partial charge in [0.25, 0.3) is 11.5 Å². The Balaban J connectivity index is 1.52. The number of hydrogen-bond acceptors (Lipinski definition) is 5. The molecule has 8 heteroatoms. The first-order chi connectivity index (χ1) is 12.7. The van der Waals surface area contributed by atoms with E-state index in [0.29, 0.717) is 5.69 Å². The predicted molar refractivity (Wildman–Crippen MR) is 95.8 cm³/mol. The summed E-state index contributed by atoms with van der Waals surface area (Å²) in [6, 6.07) is 10.1. The molecule has 26 heavy (non-hydrogen) atoms. The van der Waals surface area contributed by atoms with Crippen molar-refractivity contribution in [2.24, 2.45) is 0 Å². The summed E-state index contributed by atoms with van der Waals surface area (Å²) in [4.78, 5) is 23.2. The normalized spacial score (nSPS) is 13.7.